The topological polar surface area (TPSA) is 57.8 Å². The summed E-state index contributed by atoms with van der Waals surface area (Å²) in [4.78, 5) is 13.1. The number of benzene rings is 1. The monoisotopic (exact) mass is 283 g/mol. The van der Waals surface area contributed by atoms with Crippen molar-refractivity contribution in [1.82, 2.24) is 14.8 Å². The summed E-state index contributed by atoms with van der Waals surface area (Å²) in [5.41, 5.74) is 8.32. The van der Waals surface area contributed by atoms with Gasteiger partial charge in [-0.05, 0) is 37.9 Å². The molecule has 0 saturated carbocycles. The molecule has 5 heteroatoms. The lowest BCUT2D eigenvalue weighted by molar-refractivity contribution is 0.293. The second kappa shape index (κ2) is 5.69. The van der Waals surface area contributed by atoms with Crippen LogP contribution in [0.4, 0.5) is 0 Å². The average Bonchev–Trinajstić information content (AvgIpc) is 2.85. The summed E-state index contributed by atoms with van der Waals surface area (Å²) in [5, 5.41) is 1.16. The van der Waals surface area contributed by atoms with E-state index in [0.29, 0.717) is 5.96 Å². The lowest BCUT2D eigenvalue weighted by atomic mass is 10.0. The standard InChI is InChI=1S/C16H21N5/c1-20(2)8-9-21-15(11-19-16(21)17)13-5-6-14-12(10-13)4-3-7-18-14/h3-7,10,15H,8-9,11H2,1-2H3,(H2,17,19). The number of likely N-dealkylation sites (N-methyl/N-ethyl adjacent to an activating group) is 1. The lowest BCUT2D eigenvalue weighted by Gasteiger charge is -2.28. The minimum atomic E-state index is 0.231. The number of pyridine rings is 1. The van der Waals surface area contributed by atoms with Gasteiger partial charge in [0.25, 0.3) is 0 Å². The first-order chi connectivity index (χ1) is 10.1. The molecule has 1 aliphatic rings. The van der Waals surface area contributed by atoms with E-state index in [-0.39, 0.29) is 6.04 Å². The number of nitrogens with zero attached hydrogens (tertiary/aromatic N) is 4. The van der Waals surface area contributed by atoms with Crippen LogP contribution in [-0.4, -0.2) is 54.5 Å². The molecular formula is C16H21N5. The summed E-state index contributed by atoms with van der Waals surface area (Å²) in [7, 11) is 4.14. The van der Waals surface area contributed by atoms with Crippen LogP contribution in [0.2, 0.25) is 0 Å². The maximum Gasteiger partial charge on any atom is 0.191 e. The highest BCUT2D eigenvalue weighted by molar-refractivity contribution is 5.82. The van der Waals surface area contributed by atoms with Gasteiger partial charge in [-0.15, -0.1) is 0 Å². The van der Waals surface area contributed by atoms with Gasteiger partial charge in [-0.25, -0.2) is 0 Å². The minimum absolute atomic E-state index is 0.231. The Morgan fingerprint density at radius 2 is 2.19 bits per heavy atom. The third kappa shape index (κ3) is 2.83. The molecule has 0 aliphatic carbocycles. The normalized spacial score (nSPS) is 18.5. The molecule has 0 radical (unpaired) electrons. The molecule has 0 saturated heterocycles. The van der Waals surface area contributed by atoms with E-state index < -0.39 is 0 Å². The number of hydrogen-bond acceptors (Lipinski definition) is 5. The van der Waals surface area contributed by atoms with Gasteiger partial charge in [-0.3, -0.25) is 9.98 Å². The first kappa shape index (κ1) is 13.8. The smallest absolute Gasteiger partial charge is 0.191 e. The number of hydrogen-bond donors (Lipinski definition) is 1. The predicted octanol–water partition coefficient (Wildman–Crippen LogP) is 1.47. The van der Waals surface area contributed by atoms with Gasteiger partial charge in [-0.1, -0.05) is 12.1 Å². The SMILES string of the molecule is CN(C)CCN1C(N)=NCC1c1ccc2ncccc2c1. The van der Waals surface area contributed by atoms with Crippen LogP contribution in [0.1, 0.15) is 11.6 Å². The Kier molecular flexibility index (Phi) is 3.75. The number of fused-ring (bicyclic) bond motifs is 1. The van der Waals surface area contributed by atoms with Gasteiger partial charge in [0.1, 0.15) is 0 Å². The first-order valence-electron chi connectivity index (χ1n) is 7.21. The van der Waals surface area contributed by atoms with Crippen molar-refractivity contribution in [3.63, 3.8) is 0 Å². The Morgan fingerprint density at radius 1 is 1.33 bits per heavy atom. The summed E-state index contributed by atoms with van der Waals surface area (Å²) in [6, 6.07) is 10.7. The molecule has 1 aromatic heterocycles. The number of aliphatic imine (C=N–C) groups is 1. The van der Waals surface area contributed by atoms with Crippen LogP contribution < -0.4 is 5.73 Å². The quantitative estimate of drug-likeness (QED) is 0.923. The maximum absolute atomic E-state index is 6.05. The Balaban J connectivity index is 1.86. The minimum Gasteiger partial charge on any atom is -0.370 e. The van der Waals surface area contributed by atoms with E-state index in [0.717, 1.165) is 30.5 Å². The van der Waals surface area contributed by atoms with E-state index in [1.54, 1.807) is 0 Å². The van der Waals surface area contributed by atoms with Gasteiger partial charge in [0.2, 0.25) is 0 Å². The molecule has 1 atom stereocenters. The van der Waals surface area contributed by atoms with Crippen molar-refractivity contribution in [2.24, 2.45) is 10.7 Å². The fraction of sp³-hybridized carbons (Fsp3) is 0.375. The highest BCUT2D eigenvalue weighted by atomic mass is 15.3. The van der Waals surface area contributed by atoms with Crippen molar-refractivity contribution in [3.8, 4) is 0 Å². The van der Waals surface area contributed by atoms with Crippen molar-refractivity contribution in [1.29, 1.82) is 0 Å². The Hall–Kier alpha value is -2.14. The number of guanidine groups is 1. The van der Waals surface area contributed by atoms with Gasteiger partial charge in [0.05, 0.1) is 18.1 Å². The average molecular weight is 283 g/mol. The van der Waals surface area contributed by atoms with E-state index in [1.165, 1.54) is 5.56 Å². The fourth-order valence-electron chi connectivity index (χ4n) is 2.69. The zero-order valence-corrected chi connectivity index (χ0v) is 12.5. The van der Waals surface area contributed by atoms with Crippen molar-refractivity contribution >= 4 is 16.9 Å². The molecule has 1 aromatic carbocycles. The van der Waals surface area contributed by atoms with Crippen LogP contribution in [-0.2, 0) is 0 Å². The number of nitrogens with two attached hydrogens (primary N) is 1. The van der Waals surface area contributed by atoms with Crippen LogP contribution in [0, 0.1) is 0 Å². The molecule has 5 nitrogen and oxygen atoms in total. The molecule has 2 aromatic rings. The third-order valence-electron chi connectivity index (χ3n) is 3.90. The Morgan fingerprint density at radius 3 is 3.00 bits per heavy atom. The summed E-state index contributed by atoms with van der Waals surface area (Å²) in [6.45, 7) is 2.57. The van der Waals surface area contributed by atoms with Gasteiger partial charge in [0.15, 0.2) is 5.96 Å². The molecule has 0 spiro atoms. The first-order valence-corrected chi connectivity index (χ1v) is 7.21. The molecule has 1 unspecified atom stereocenters. The van der Waals surface area contributed by atoms with E-state index in [4.69, 9.17) is 5.73 Å². The van der Waals surface area contributed by atoms with Crippen molar-refractivity contribution < 1.29 is 0 Å². The second-order valence-corrected chi connectivity index (χ2v) is 5.67. The van der Waals surface area contributed by atoms with E-state index >= 15 is 0 Å². The summed E-state index contributed by atoms with van der Waals surface area (Å²) in [6.07, 6.45) is 1.82. The molecule has 0 amide bonds. The molecule has 0 bridgehead atoms. The number of aromatic nitrogens is 1. The highest BCUT2D eigenvalue weighted by Crippen LogP contribution is 2.27. The molecule has 1 aliphatic heterocycles. The van der Waals surface area contributed by atoms with Gasteiger partial charge in [0, 0.05) is 24.7 Å². The highest BCUT2D eigenvalue weighted by Gasteiger charge is 2.27. The summed E-state index contributed by atoms with van der Waals surface area (Å²) in [5.74, 6) is 0.646. The van der Waals surface area contributed by atoms with E-state index in [9.17, 15) is 0 Å². The zero-order chi connectivity index (χ0) is 14.8. The molecule has 110 valence electrons. The molecule has 2 heterocycles. The van der Waals surface area contributed by atoms with Crippen LogP contribution in [0.3, 0.4) is 0 Å². The number of rotatable bonds is 4. The largest absolute Gasteiger partial charge is 0.370 e. The zero-order valence-electron chi connectivity index (χ0n) is 12.5. The van der Waals surface area contributed by atoms with Gasteiger partial charge in [-0.2, -0.15) is 0 Å². The molecule has 3 rings (SSSR count). The molecule has 2 N–H and O–H groups in total. The Labute approximate surface area is 125 Å². The van der Waals surface area contributed by atoms with Crippen LogP contribution in [0.5, 0.6) is 0 Å². The predicted molar refractivity (Wildman–Crippen MR) is 86.2 cm³/mol. The molecule has 21 heavy (non-hydrogen) atoms. The maximum atomic E-state index is 6.05. The van der Waals surface area contributed by atoms with Crippen molar-refractivity contribution in [3.05, 3.63) is 42.1 Å². The molecule has 0 fully saturated rings. The fourth-order valence-corrected chi connectivity index (χ4v) is 2.69. The summed E-state index contributed by atoms with van der Waals surface area (Å²) >= 11 is 0. The third-order valence-corrected chi connectivity index (χ3v) is 3.90. The lowest BCUT2D eigenvalue weighted by Crippen LogP contribution is -2.40. The van der Waals surface area contributed by atoms with Gasteiger partial charge < -0.3 is 15.5 Å². The second-order valence-electron chi connectivity index (χ2n) is 5.67. The Bertz CT molecular complexity index is 665. The van der Waals surface area contributed by atoms with Crippen molar-refractivity contribution in [2.45, 2.75) is 6.04 Å². The van der Waals surface area contributed by atoms with Gasteiger partial charge >= 0.3 is 0 Å². The summed E-state index contributed by atoms with van der Waals surface area (Å²) < 4.78 is 0. The van der Waals surface area contributed by atoms with Crippen molar-refractivity contribution in [2.75, 3.05) is 33.7 Å². The van der Waals surface area contributed by atoms with Crippen LogP contribution >= 0.6 is 0 Å². The van der Waals surface area contributed by atoms with Crippen LogP contribution in [0.15, 0.2) is 41.5 Å². The van der Waals surface area contributed by atoms with Crippen LogP contribution in [0.25, 0.3) is 10.9 Å². The molecular weight excluding hydrogens is 262 g/mol. The van der Waals surface area contributed by atoms with E-state index in [1.807, 2.05) is 12.3 Å². The van der Waals surface area contributed by atoms with E-state index in [2.05, 4.69) is 58.1 Å².